The SMILES string of the molecule is CCC(=O)N(Cc1cc(OC)ccc1OC)c1cccnc1Oc1ccc(OCC[18F])cc1. The molecule has 174 valence electrons. The Morgan fingerprint density at radius 2 is 1.73 bits per heavy atom. The molecule has 0 unspecified atom stereocenters. The van der Waals surface area contributed by atoms with Gasteiger partial charge in [0.2, 0.25) is 11.8 Å². The average molecular weight is 454 g/mol. The van der Waals surface area contributed by atoms with Crippen molar-refractivity contribution in [2.75, 3.05) is 32.4 Å². The predicted octanol–water partition coefficient (Wildman–Crippen LogP) is 5.18. The largest absolute Gasteiger partial charge is 0.497 e. The summed E-state index contributed by atoms with van der Waals surface area (Å²) in [4.78, 5) is 18.9. The summed E-state index contributed by atoms with van der Waals surface area (Å²) >= 11 is 0. The van der Waals surface area contributed by atoms with Crippen LogP contribution in [0.1, 0.15) is 18.9 Å². The standard InChI is InChI=1S/C25H27FN2O5/c1-4-24(29)28(17-18-16-21(30-2)11-12-23(18)31-3)22-6-5-14-27-25(22)33-20-9-7-19(8-10-20)32-15-13-26/h5-12,14,16H,4,13,15,17H2,1-3H3/i26-1. The molecule has 1 aromatic heterocycles. The number of carbonyl (C=O) groups excluding carboxylic acids is 1. The van der Waals surface area contributed by atoms with Crippen molar-refractivity contribution in [3.8, 4) is 28.9 Å². The topological polar surface area (TPSA) is 70.1 Å². The number of carbonyl (C=O) groups is 1. The lowest BCUT2D eigenvalue weighted by Crippen LogP contribution is -2.30. The van der Waals surface area contributed by atoms with Crippen molar-refractivity contribution in [3.05, 3.63) is 66.4 Å². The summed E-state index contributed by atoms with van der Waals surface area (Å²) in [5.74, 6) is 2.51. The van der Waals surface area contributed by atoms with Gasteiger partial charge in [-0.2, -0.15) is 0 Å². The Bertz CT molecular complexity index is 1060. The number of rotatable bonds is 11. The number of nitrogens with zero attached hydrogens (tertiary/aromatic N) is 2. The van der Waals surface area contributed by atoms with E-state index < -0.39 is 6.67 Å². The van der Waals surface area contributed by atoms with Crippen molar-refractivity contribution in [2.24, 2.45) is 0 Å². The molecule has 0 aliphatic heterocycles. The van der Waals surface area contributed by atoms with Crippen molar-refractivity contribution in [1.82, 2.24) is 4.98 Å². The second kappa shape index (κ2) is 11.7. The van der Waals surface area contributed by atoms with E-state index in [0.29, 0.717) is 35.1 Å². The van der Waals surface area contributed by atoms with Gasteiger partial charge in [0.05, 0.1) is 20.8 Å². The van der Waals surface area contributed by atoms with E-state index in [4.69, 9.17) is 18.9 Å². The number of benzene rings is 2. The molecule has 0 saturated heterocycles. The highest BCUT2D eigenvalue weighted by Gasteiger charge is 2.22. The molecule has 33 heavy (non-hydrogen) atoms. The number of aromatic nitrogens is 1. The smallest absolute Gasteiger partial charge is 0.243 e. The van der Waals surface area contributed by atoms with Crippen LogP contribution < -0.4 is 23.8 Å². The fourth-order valence-corrected chi connectivity index (χ4v) is 3.21. The maximum Gasteiger partial charge on any atom is 0.243 e. The highest BCUT2D eigenvalue weighted by atomic mass is 18.2. The minimum Gasteiger partial charge on any atom is -0.497 e. The quantitative estimate of drug-likeness (QED) is 0.398. The molecule has 8 heteroatoms. The minimum atomic E-state index is -0.561. The molecule has 0 aliphatic rings. The Morgan fingerprint density at radius 3 is 2.39 bits per heavy atom. The van der Waals surface area contributed by atoms with Crippen LogP contribution >= 0.6 is 0 Å². The van der Waals surface area contributed by atoms with Crippen LogP contribution in [0.15, 0.2) is 60.8 Å². The minimum absolute atomic E-state index is 0.00752. The van der Waals surface area contributed by atoms with E-state index in [1.165, 1.54) is 0 Å². The van der Waals surface area contributed by atoms with Crippen molar-refractivity contribution in [1.29, 1.82) is 0 Å². The van der Waals surface area contributed by atoms with Crippen LogP contribution in [0.2, 0.25) is 0 Å². The molecule has 0 bridgehead atoms. The van der Waals surface area contributed by atoms with Gasteiger partial charge in [-0.25, -0.2) is 9.37 Å². The maximum absolute atomic E-state index is 12.9. The second-order valence-corrected chi connectivity index (χ2v) is 6.95. The molecule has 2 aromatic carbocycles. The Hall–Kier alpha value is -3.81. The normalized spacial score (nSPS) is 10.4. The first-order chi connectivity index (χ1) is 16.1. The number of anilines is 1. The zero-order valence-corrected chi connectivity index (χ0v) is 18.9. The number of hydrogen-bond donors (Lipinski definition) is 0. The van der Waals surface area contributed by atoms with Crippen molar-refractivity contribution in [3.63, 3.8) is 0 Å². The van der Waals surface area contributed by atoms with Crippen molar-refractivity contribution >= 4 is 11.6 Å². The summed E-state index contributed by atoms with van der Waals surface area (Å²) in [5.41, 5.74) is 1.30. The number of hydrogen-bond acceptors (Lipinski definition) is 6. The van der Waals surface area contributed by atoms with Gasteiger partial charge in [-0.15, -0.1) is 0 Å². The van der Waals surface area contributed by atoms with E-state index in [-0.39, 0.29) is 24.9 Å². The molecule has 0 saturated carbocycles. The average Bonchev–Trinajstić information content (AvgIpc) is 2.86. The van der Waals surface area contributed by atoms with Crippen LogP contribution in [0, 0.1) is 0 Å². The van der Waals surface area contributed by atoms with Gasteiger partial charge in [0.15, 0.2) is 0 Å². The third-order valence-electron chi connectivity index (χ3n) is 4.85. The second-order valence-electron chi connectivity index (χ2n) is 6.95. The zero-order chi connectivity index (χ0) is 23.6. The first kappa shape index (κ1) is 23.8. The van der Waals surface area contributed by atoms with Gasteiger partial charge in [-0.05, 0) is 54.6 Å². The lowest BCUT2D eigenvalue weighted by Gasteiger charge is -2.25. The Labute approximate surface area is 192 Å². The molecule has 1 heterocycles. The Morgan fingerprint density at radius 1 is 1.00 bits per heavy atom. The van der Waals surface area contributed by atoms with Crippen LogP contribution in [0.5, 0.6) is 28.9 Å². The van der Waals surface area contributed by atoms with Crippen LogP contribution in [0.25, 0.3) is 0 Å². The fraction of sp³-hybridized carbons (Fsp3) is 0.280. The molecule has 0 N–H and O–H groups in total. The first-order valence-corrected chi connectivity index (χ1v) is 10.5. The molecule has 0 radical (unpaired) electrons. The summed E-state index contributed by atoms with van der Waals surface area (Å²) in [7, 11) is 3.17. The molecule has 0 spiro atoms. The van der Waals surface area contributed by atoms with Gasteiger partial charge in [-0.1, -0.05) is 6.92 Å². The maximum atomic E-state index is 12.9. The molecule has 3 rings (SSSR count). The highest BCUT2D eigenvalue weighted by Crippen LogP contribution is 2.34. The molecule has 1 amide bonds. The van der Waals surface area contributed by atoms with Gasteiger partial charge in [0, 0.05) is 18.2 Å². The molecule has 0 fully saturated rings. The zero-order valence-electron chi connectivity index (χ0n) is 18.9. The molecule has 0 atom stereocenters. The lowest BCUT2D eigenvalue weighted by atomic mass is 10.1. The van der Waals surface area contributed by atoms with E-state index in [9.17, 15) is 9.18 Å². The first-order valence-electron chi connectivity index (χ1n) is 10.5. The number of pyridine rings is 1. The number of methoxy groups -OCH3 is 2. The van der Waals surface area contributed by atoms with Gasteiger partial charge >= 0.3 is 0 Å². The fourth-order valence-electron chi connectivity index (χ4n) is 3.21. The van der Waals surface area contributed by atoms with Crippen LogP contribution in [-0.2, 0) is 11.3 Å². The van der Waals surface area contributed by atoms with E-state index in [0.717, 1.165) is 5.56 Å². The van der Waals surface area contributed by atoms with Gasteiger partial charge < -0.3 is 23.8 Å². The third-order valence-corrected chi connectivity index (χ3v) is 4.85. The molecular weight excluding hydrogens is 426 g/mol. The Kier molecular flexibility index (Phi) is 8.46. The number of alkyl halides is 1. The summed E-state index contributed by atoms with van der Waals surface area (Å²) in [6.45, 7) is 1.47. The van der Waals surface area contributed by atoms with E-state index in [2.05, 4.69) is 4.98 Å². The monoisotopic (exact) mass is 453 g/mol. The summed E-state index contributed by atoms with van der Waals surface area (Å²) in [5, 5.41) is 0. The summed E-state index contributed by atoms with van der Waals surface area (Å²) < 4.78 is 34.4. The molecule has 3 aromatic rings. The van der Waals surface area contributed by atoms with Crippen LogP contribution in [-0.4, -0.2) is 38.4 Å². The van der Waals surface area contributed by atoms with E-state index in [1.54, 1.807) is 80.8 Å². The van der Waals surface area contributed by atoms with Gasteiger partial charge in [0.1, 0.15) is 42.0 Å². The van der Waals surface area contributed by atoms with Crippen LogP contribution in [0.3, 0.4) is 0 Å². The number of amides is 1. The number of halogens is 1. The molecule has 7 nitrogen and oxygen atoms in total. The number of ether oxygens (including phenoxy) is 4. The lowest BCUT2D eigenvalue weighted by molar-refractivity contribution is -0.118. The van der Waals surface area contributed by atoms with Gasteiger partial charge in [-0.3, -0.25) is 4.79 Å². The summed E-state index contributed by atoms with van der Waals surface area (Å²) in [6.07, 6.45) is 1.89. The van der Waals surface area contributed by atoms with E-state index in [1.807, 2.05) is 6.07 Å². The molecule has 0 aliphatic carbocycles. The highest BCUT2D eigenvalue weighted by molar-refractivity contribution is 5.94. The third kappa shape index (κ3) is 6.12. The predicted molar refractivity (Wildman–Crippen MR) is 123 cm³/mol. The molecular formula is C25H27FN2O5. The van der Waals surface area contributed by atoms with Crippen molar-refractivity contribution in [2.45, 2.75) is 19.9 Å². The van der Waals surface area contributed by atoms with E-state index >= 15 is 0 Å². The van der Waals surface area contributed by atoms with Crippen molar-refractivity contribution < 1.29 is 28.1 Å². The van der Waals surface area contributed by atoms with Crippen LogP contribution in [0.4, 0.5) is 10.1 Å². The Balaban J connectivity index is 1.91. The van der Waals surface area contributed by atoms with Gasteiger partial charge in [0.25, 0.3) is 0 Å². The summed E-state index contributed by atoms with van der Waals surface area (Å²) in [6, 6.07) is 15.7.